The van der Waals surface area contributed by atoms with Crippen molar-refractivity contribution < 1.29 is 4.48 Å². The van der Waals surface area contributed by atoms with Gasteiger partial charge in [-0.25, -0.2) is 0 Å². The van der Waals surface area contributed by atoms with Crippen molar-refractivity contribution in [1.82, 2.24) is 0 Å². The first-order valence-corrected chi connectivity index (χ1v) is 6.95. The molecule has 16 heavy (non-hydrogen) atoms. The van der Waals surface area contributed by atoms with Gasteiger partial charge in [-0.05, 0) is 26.7 Å². The zero-order valence-electron chi connectivity index (χ0n) is 12.2. The molecule has 2 N–H and O–H groups in total. The maximum absolute atomic E-state index is 6.09. The van der Waals surface area contributed by atoms with Crippen LogP contribution in [0.3, 0.4) is 0 Å². The van der Waals surface area contributed by atoms with Crippen LogP contribution < -0.4 is 5.73 Å². The van der Waals surface area contributed by atoms with Crippen molar-refractivity contribution in [2.45, 2.75) is 65.3 Å². The molecule has 0 aromatic heterocycles. The average molecular weight is 229 g/mol. The standard InChI is InChI=1S/C14H33N2/c1-6-8-11-16(5,12-9-7-2)13-10-14(3,4)15/h6-13,15H2,1-5H3/q+1. The van der Waals surface area contributed by atoms with Crippen molar-refractivity contribution >= 4 is 0 Å². The summed E-state index contributed by atoms with van der Waals surface area (Å²) in [6.07, 6.45) is 6.39. The fourth-order valence-electron chi connectivity index (χ4n) is 1.97. The molecule has 0 aliphatic heterocycles. The molecule has 0 aliphatic rings. The van der Waals surface area contributed by atoms with Crippen LogP contribution in [0.2, 0.25) is 0 Å². The summed E-state index contributed by atoms with van der Waals surface area (Å²) in [4.78, 5) is 0. The highest BCUT2D eigenvalue weighted by Crippen LogP contribution is 2.14. The Hall–Kier alpha value is -0.0800. The maximum atomic E-state index is 6.09. The topological polar surface area (TPSA) is 26.0 Å². The molecule has 0 spiro atoms. The Kier molecular flexibility index (Phi) is 7.25. The third-order valence-electron chi connectivity index (χ3n) is 3.40. The van der Waals surface area contributed by atoms with Gasteiger partial charge in [-0.3, -0.25) is 0 Å². The van der Waals surface area contributed by atoms with Crippen molar-refractivity contribution in [1.29, 1.82) is 0 Å². The summed E-state index contributed by atoms with van der Waals surface area (Å²) in [7, 11) is 2.40. The van der Waals surface area contributed by atoms with E-state index in [2.05, 4.69) is 34.7 Å². The van der Waals surface area contributed by atoms with E-state index in [4.69, 9.17) is 5.73 Å². The highest BCUT2D eigenvalue weighted by atomic mass is 15.3. The van der Waals surface area contributed by atoms with Crippen molar-refractivity contribution in [3.05, 3.63) is 0 Å². The molecule has 0 fully saturated rings. The van der Waals surface area contributed by atoms with Crippen LogP contribution in [-0.4, -0.2) is 36.7 Å². The zero-order valence-corrected chi connectivity index (χ0v) is 12.2. The summed E-state index contributed by atoms with van der Waals surface area (Å²) in [5, 5.41) is 0. The minimum atomic E-state index is -0.0159. The Balaban J connectivity index is 4.17. The predicted molar refractivity (Wildman–Crippen MR) is 73.5 cm³/mol. The Labute approximate surface area is 103 Å². The number of nitrogens with two attached hydrogens (primary N) is 1. The summed E-state index contributed by atoms with van der Waals surface area (Å²) in [6, 6.07) is 0. The van der Waals surface area contributed by atoms with Gasteiger partial charge in [0.1, 0.15) is 0 Å². The molecule has 98 valence electrons. The fraction of sp³-hybridized carbons (Fsp3) is 1.00. The Morgan fingerprint density at radius 2 is 1.38 bits per heavy atom. The molecule has 0 unspecified atom stereocenters. The number of unbranched alkanes of at least 4 members (excludes halogenated alkanes) is 2. The number of rotatable bonds is 9. The van der Waals surface area contributed by atoms with E-state index < -0.39 is 0 Å². The van der Waals surface area contributed by atoms with Gasteiger partial charge < -0.3 is 10.2 Å². The largest absolute Gasteiger partial charge is 0.326 e. The first kappa shape index (κ1) is 15.9. The second kappa shape index (κ2) is 7.29. The highest BCUT2D eigenvalue weighted by Gasteiger charge is 2.23. The Bertz CT molecular complexity index is 162. The van der Waals surface area contributed by atoms with Gasteiger partial charge >= 0.3 is 0 Å². The van der Waals surface area contributed by atoms with Crippen molar-refractivity contribution in [3.8, 4) is 0 Å². The second-order valence-corrected chi connectivity index (χ2v) is 6.24. The lowest BCUT2D eigenvalue weighted by Gasteiger charge is -2.36. The smallest absolute Gasteiger partial charge is 0.0802 e. The summed E-state index contributed by atoms with van der Waals surface area (Å²) in [6.45, 7) is 12.7. The molecule has 0 bridgehead atoms. The molecule has 0 aromatic carbocycles. The van der Waals surface area contributed by atoms with Crippen LogP contribution in [0.1, 0.15) is 59.8 Å². The molecule has 0 radical (unpaired) electrons. The van der Waals surface area contributed by atoms with E-state index in [1.54, 1.807) is 0 Å². The van der Waals surface area contributed by atoms with Gasteiger partial charge in [0.25, 0.3) is 0 Å². The van der Waals surface area contributed by atoms with Gasteiger partial charge in [0.2, 0.25) is 0 Å². The molecule has 2 heteroatoms. The van der Waals surface area contributed by atoms with E-state index >= 15 is 0 Å². The van der Waals surface area contributed by atoms with Crippen molar-refractivity contribution in [2.75, 3.05) is 26.7 Å². The highest BCUT2D eigenvalue weighted by molar-refractivity contribution is 4.70. The van der Waals surface area contributed by atoms with Crippen LogP contribution in [0.5, 0.6) is 0 Å². The van der Waals surface area contributed by atoms with Gasteiger partial charge in [0.15, 0.2) is 0 Å². The van der Waals surface area contributed by atoms with Gasteiger partial charge in [0.05, 0.1) is 26.7 Å². The molecule has 2 nitrogen and oxygen atoms in total. The summed E-state index contributed by atoms with van der Waals surface area (Å²) >= 11 is 0. The Morgan fingerprint density at radius 3 is 1.69 bits per heavy atom. The monoisotopic (exact) mass is 229 g/mol. The maximum Gasteiger partial charge on any atom is 0.0802 e. The van der Waals surface area contributed by atoms with Gasteiger partial charge in [-0.2, -0.15) is 0 Å². The number of nitrogens with zero attached hydrogens (tertiary/aromatic N) is 1. The van der Waals surface area contributed by atoms with Crippen LogP contribution in [-0.2, 0) is 0 Å². The summed E-state index contributed by atoms with van der Waals surface area (Å²) in [5.41, 5.74) is 6.07. The second-order valence-electron chi connectivity index (χ2n) is 6.24. The summed E-state index contributed by atoms with van der Waals surface area (Å²) in [5.74, 6) is 0. The third kappa shape index (κ3) is 8.12. The lowest BCUT2D eigenvalue weighted by atomic mass is 10.0. The molecular formula is C14H33N2+. The van der Waals surface area contributed by atoms with Crippen LogP contribution >= 0.6 is 0 Å². The first-order chi connectivity index (χ1) is 7.33. The minimum absolute atomic E-state index is 0.0159. The van der Waals surface area contributed by atoms with Gasteiger partial charge in [-0.15, -0.1) is 0 Å². The van der Waals surface area contributed by atoms with E-state index in [0.717, 1.165) is 6.42 Å². The van der Waals surface area contributed by atoms with Crippen molar-refractivity contribution in [2.24, 2.45) is 5.73 Å². The minimum Gasteiger partial charge on any atom is -0.326 e. The number of hydrogen-bond acceptors (Lipinski definition) is 1. The van der Waals surface area contributed by atoms with Gasteiger partial charge in [0, 0.05) is 12.0 Å². The molecule has 0 aromatic rings. The molecule has 0 heterocycles. The van der Waals surface area contributed by atoms with Crippen LogP contribution in [0.15, 0.2) is 0 Å². The predicted octanol–water partition coefficient (Wildman–Crippen LogP) is 3.16. The normalized spacial score (nSPS) is 13.1. The van der Waals surface area contributed by atoms with E-state index in [0.29, 0.717) is 0 Å². The molecular weight excluding hydrogens is 196 g/mol. The third-order valence-corrected chi connectivity index (χ3v) is 3.40. The molecule has 0 atom stereocenters. The zero-order chi connectivity index (χ0) is 12.7. The SMILES string of the molecule is CCCC[N+](C)(CCCC)CCC(C)(C)N. The van der Waals surface area contributed by atoms with E-state index in [1.165, 1.54) is 49.8 Å². The molecule has 0 saturated carbocycles. The number of hydrogen-bond donors (Lipinski definition) is 1. The van der Waals surface area contributed by atoms with E-state index in [1.807, 2.05) is 0 Å². The molecule has 0 rings (SSSR count). The van der Waals surface area contributed by atoms with E-state index in [9.17, 15) is 0 Å². The van der Waals surface area contributed by atoms with Gasteiger partial charge in [-0.1, -0.05) is 26.7 Å². The molecule has 0 amide bonds. The average Bonchev–Trinajstić information content (AvgIpc) is 2.20. The molecule has 0 saturated heterocycles. The molecule has 0 aliphatic carbocycles. The van der Waals surface area contributed by atoms with Crippen molar-refractivity contribution in [3.63, 3.8) is 0 Å². The summed E-state index contributed by atoms with van der Waals surface area (Å²) < 4.78 is 1.21. The Morgan fingerprint density at radius 1 is 0.938 bits per heavy atom. The number of quaternary nitrogens is 1. The first-order valence-electron chi connectivity index (χ1n) is 6.95. The lowest BCUT2D eigenvalue weighted by molar-refractivity contribution is -0.910. The quantitative estimate of drug-likeness (QED) is 0.604. The lowest BCUT2D eigenvalue weighted by Crippen LogP contribution is -2.49. The van der Waals surface area contributed by atoms with Crippen LogP contribution in [0, 0.1) is 0 Å². The van der Waals surface area contributed by atoms with Crippen LogP contribution in [0.4, 0.5) is 0 Å². The van der Waals surface area contributed by atoms with E-state index in [-0.39, 0.29) is 5.54 Å². The van der Waals surface area contributed by atoms with Crippen LogP contribution in [0.25, 0.3) is 0 Å². The fourth-order valence-corrected chi connectivity index (χ4v) is 1.97.